The van der Waals surface area contributed by atoms with Crippen molar-refractivity contribution in [2.75, 3.05) is 39.4 Å². The number of aliphatic hydroxyl groups is 1. The minimum absolute atomic E-state index is 0.128. The second-order valence-electron chi connectivity index (χ2n) is 10.6. The molecule has 1 atom stereocenters. The van der Waals surface area contributed by atoms with Gasteiger partial charge < -0.3 is 19.5 Å². The topological polar surface area (TPSA) is 79.3 Å². The van der Waals surface area contributed by atoms with E-state index in [9.17, 15) is 14.7 Å². The van der Waals surface area contributed by atoms with Crippen LogP contribution >= 0.6 is 0 Å². The first-order chi connectivity index (χ1) is 20.0. The molecule has 0 spiro atoms. The van der Waals surface area contributed by atoms with Gasteiger partial charge in [-0.3, -0.25) is 14.5 Å². The molecular formula is C34H38N2O5. The number of nitrogens with zero attached hydrogens (tertiary/aromatic N) is 2. The fraction of sp³-hybridized carbons (Fsp3) is 0.353. The van der Waals surface area contributed by atoms with Gasteiger partial charge in [0.15, 0.2) is 0 Å². The van der Waals surface area contributed by atoms with E-state index in [0.29, 0.717) is 37.7 Å². The van der Waals surface area contributed by atoms with Gasteiger partial charge in [0.25, 0.3) is 11.7 Å². The first kappa shape index (κ1) is 28.6. The highest BCUT2D eigenvalue weighted by Gasteiger charge is 2.45. The van der Waals surface area contributed by atoms with Crippen molar-refractivity contribution in [1.29, 1.82) is 0 Å². The molecule has 0 bridgehead atoms. The lowest BCUT2D eigenvalue weighted by Crippen LogP contribution is -2.38. The minimum Gasteiger partial charge on any atom is -0.507 e. The van der Waals surface area contributed by atoms with Crippen LogP contribution in [0, 0.1) is 6.92 Å². The number of hydrogen-bond donors (Lipinski definition) is 1. The molecule has 2 fully saturated rings. The van der Waals surface area contributed by atoms with Gasteiger partial charge in [0.2, 0.25) is 0 Å². The number of Topliss-reactive ketones (excluding diaryl/α,β-unsaturated/α-hetero) is 1. The molecule has 2 aliphatic heterocycles. The number of morpholine rings is 1. The van der Waals surface area contributed by atoms with E-state index in [4.69, 9.17) is 9.47 Å². The molecule has 5 rings (SSSR count). The Morgan fingerprint density at radius 3 is 2.37 bits per heavy atom. The highest BCUT2D eigenvalue weighted by Crippen LogP contribution is 2.40. The number of aliphatic hydroxyl groups excluding tert-OH is 1. The molecule has 3 aromatic rings. The third-order valence-corrected chi connectivity index (χ3v) is 7.91. The molecule has 1 N–H and O–H groups in total. The molecule has 0 saturated carbocycles. The number of ketones is 1. The van der Waals surface area contributed by atoms with Crippen LogP contribution in [0.15, 0.2) is 78.4 Å². The zero-order chi connectivity index (χ0) is 28.8. The highest BCUT2D eigenvalue weighted by atomic mass is 16.5. The maximum absolute atomic E-state index is 13.5. The van der Waals surface area contributed by atoms with Crippen LogP contribution in [0.4, 0.5) is 0 Å². The molecule has 41 heavy (non-hydrogen) atoms. The first-order valence-corrected chi connectivity index (χ1v) is 14.4. The molecule has 2 aliphatic rings. The lowest BCUT2D eigenvalue weighted by Gasteiger charge is -2.29. The number of hydrogen-bond acceptors (Lipinski definition) is 6. The number of aryl methyl sites for hydroxylation is 2. The van der Waals surface area contributed by atoms with Crippen LogP contribution in [0.2, 0.25) is 0 Å². The summed E-state index contributed by atoms with van der Waals surface area (Å²) < 4.78 is 11.4. The fourth-order valence-electron chi connectivity index (χ4n) is 5.53. The summed E-state index contributed by atoms with van der Waals surface area (Å²) in [7, 11) is 0. The summed E-state index contributed by atoms with van der Waals surface area (Å²) in [6.07, 6.45) is 1.61. The number of carbonyl (C=O) groups excluding carboxylic acids is 2. The number of benzene rings is 3. The Kier molecular flexibility index (Phi) is 9.17. The third kappa shape index (κ3) is 6.53. The van der Waals surface area contributed by atoms with Crippen molar-refractivity contribution in [3.05, 3.63) is 106 Å². The van der Waals surface area contributed by atoms with Crippen molar-refractivity contribution >= 4 is 17.4 Å². The van der Waals surface area contributed by atoms with Gasteiger partial charge in [0.05, 0.1) is 24.8 Å². The van der Waals surface area contributed by atoms with Crippen molar-refractivity contribution < 1.29 is 24.2 Å². The quantitative estimate of drug-likeness (QED) is 0.209. The van der Waals surface area contributed by atoms with Gasteiger partial charge in [0.1, 0.15) is 18.1 Å². The Hall–Kier alpha value is -3.94. The van der Waals surface area contributed by atoms with Crippen LogP contribution in [0.3, 0.4) is 0 Å². The second kappa shape index (κ2) is 13.1. The average Bonchev–Trinajstić information content (AvgIpc) is 3.26. The van der Waals surface area contributed by atoms with Crippen LogP contribution < -0.4 is 4.74 Å². The van der Waals surface area contributed by atoms with E-state index in [1.807, 2.05) is 61.5 Å². The van der Waals surface area contributed by atoms with Gasteiger partial charge in [-0.05, 0) is 60.2 Å². The van der Waals surface area contributed by atoms with Crippen molar-refractivity contribution in [1.82, 2.24) is 9.80 Å². The van der Waals surface area contributed by atoms with Crippen molar-refractivity contribution in [3.63, 3.8) is 0 Å². The number of ether oxygens (including phenoxy) is 2. The second-order valence-corrected chi connectivity index (χ2v) is 10.6. The Morgan fingerprint density at radius 2 is 1.68 bits per heavy atom. The minimum atomic E-state index is -0.653. The predicted octanol–water partition coefficient (Wildman–Crippen LogP) is 5.28. The summed E-state index contributed by atoms with van der Waals surface area (Å²) >= 11 is 0. The van der Waals surface area contributed by atoms with E-state index in [2.05, 4.69) is 11.8 Å². The molecule has 214 valence electrons. The molecule has 1 amide bonds. The number of amides is 1. The molecule has 7 nitrogen and oxygen atoms in total. The van der Waals surface area contributed by atoms with Crippen LogP contribution in [0.25, 0.3) is 5.76 Å². The van der Waals surface area contributed by atoms with Gasteiger partial charge >= 0.3 is 0 Å². The van der Waals surface area contributed by atoms with Gasteiger partial charge in [-0.1, -0.05) is 61.5 Å². The van der Waals surface area contributed by atoms with Gasteiger partial charge in [0, 0.05) is 31.7 Å². The summed E-state index contributed by atoms with van der Waals surface area (Å²) in [5, 5.41) is 11.5. The maximum atomic E-state index is 13.5. The van der Waals surface area contributed by atoms with E-state index in [-0.39, 0.29) is 11.3 Å². The SMILES string of the molecule is CCc1ccc(C2/C(=C(/O)c3ccc(OCc4ccccc4)c(C)c3)C(=O)C(=O)N2CCCN2CCOCC2)cc1. The molecule has 2 saturated heterocycles. The standard InChI is InChI=1S/C34H38N2O5/c1-3-25-10-12-27(13-11-25)31-30(33(38)34(39)36(31)17-7-16-35-18-20-40-21-19-35)32(37)28-14-15-29(24(2)22-28)41-23-26-8-5-4-6-9-26/h4-6,8-15,22,31,37H,3,7,16-21,23H2,1-2H3/b32-30-. The summed E-state index contributed by atoms with van der Waals surface area (Å²) in [6.45, 7) is 8.81. The summed E-state index contributed by atoms with van der Waals surface area (Å²) in [6, 6.07) is 22.6. The Balaban J connectivity index is 1.42. The zero-order valence-electron chi connectivity index (χ0n) is 23.8. The Bertz CT molecular complexity index is 1390. The Morgan fingerprint density at radius 1 is 0.951 bits per heavy atom. The molecule has 0 aromatic heterocycles. The normalized spacial score (nSPS) is 19.1. The van der Waals surface area contributed by atoms with Crippen LogP contribution in [-0.4, -0.2) is 66.0 Å². The van der Waals surface area contributed by atoms with E-state index in [1.54, 1.807) is 23.1 Å². The number of carbonyl (C=O) groups is 2. The lowest BCUT2D eigenvalue weighted by molar-refractivity contribution is -0.140. The van der Waals surface area contributed by atoms with Gasteiger partial charge in [-0.25, -0.2) is 0 Å². The summed E-state index contributed by atoms with van der Waals surface area (Å²) in [5.41, 5.74) is 4.47. The smallest absolute Gasteiger partial charge is 0.295 e. The van der Waals surface area contributed by atoms with E-state index in [0.717, 1.165) is 49.2 Å². The Labute approximate surface area is 242 Å². The largest absolute Gasteiger partial charge is 0.507 e. The monoisotopic (exact) mass is 554 g/mol. The zero-order valence-corrected chi connectivity index (χ0v) is 23.8. The lowest BCUT2D eigenvalue weighted by atomic mass is 9.94. The summed E-state index contributed by atoms with van der Waals surface area (Å²) in [4.78, 5) is 30.8. The number of rotatable bonds is 10. The predicted molar refractivity (Wildman–Crippen MR) is 159 cm³/mol. The molecule has 3 aromatic carbocycles. The number of likely N-dealkylation sites (tertiary alicyclic amines) is 1. The fourth-order valence-corrected chi connectivity index (χ4v) is 5.53. The summed E-state index contributed by atoms with van der Waals surface area (Å²) in [5.74, 6) is -0.694. The molecule has 2 heterocycles. The van der Waals surface area contributed by atoms with Gasteiger partial charge in [-0.2, -0.15) is 0 Å². The van der Waals surface area contributed by atoms with Gasteiger partial charge in [-0.15, -0.1) is 0 Å². The molecule has 0 aliphatic carbocycles. The van der Waals surface area contributed by atoms with Crippen molar-refractivity contribution in [3.8, 4) is 5.75 Å². The molecule has 1 unspecified atom stereocenters. The van der Waals surface area contributed by atoms with Crippen molar-refractivity contribution in [2.24, 2.45) is 0 Å². The third-order valence-electron chi connectivity index (χ3n) is 7.91. The van der Waals surface area contributed by atoms with E-state index in [1.165, 1.54) is 5.56 Å². The van der Waals surface area contributed by atoms with Crippen molar-refractivity contribution in [2.45, 2.75) is 39.3 Å². The maximum Gasteiger partial charge on any atom is 0.295 e. The van der Waals surface area contributed by atoms with Crippen LogP contribution in [0.1, 0.15) is 47.2 Å². The highest BCUT2D eigenvalue weighted by molar-refractivity contribution is 6.46. The van der Waals surface area contributed by atoms with Crippen LogP contribution in [0.5, 0.6) is 5.75 Å². The van der Waals surface area contributed by atoms with E-state index < -0.39 is 17.7 Å². The average molecular weight is 555 g/mol. The molecule has 0 radical (unpaired) electrons. The molecule has 7 heteroatoms. The van der Waals surface area contributed by atoms with Crippen LogP contribution in [-0.2, 0) is 27.4 Å². The first-order valence-electron chi connectivity index (χ1n) is 14.4. The molecular weight excluding hydrogens is 516 g/mol. The van der Waals surface area contributed by atoms with E-state index >= 15 is 0 Å².